The number of anilines is 1. The molecule has 0 atom stereocenters. The SMILES string of the molecule is Cc1sc2ncnc(NCCC(=O)NCCCCN3CCCC3)c2c1-c1ccccc1. The molecule has 1 aromatic carbocycles. The van der Waals surface area contributed by atoms with Crippen molar-refractivity contribution in [3.63, 3.8) is 0 Å². The van der Waals surface area contributed by atoms with Crippen LogP contribution in [-0.2, 0) is 4.79 Å². The number of fused-ring (bicyclic) bond motifs is 1. The van der Waals surface area contributed by atoms with Gasteiger partial charge < -0.3 is 15.5 Å². The predicted molar refractivity (Wildman–Crippen MR) is 129 cm³/mol. The van der Waals surface area contributed by atoms with Crippen LogP contribution in [0.4, 0.5) is 5.82 Å². The maximum atomic E-state index is 12.2. The molecule has 4 rings (SSSR count). The van der Waals surface area contributed by atoms with Gasteiger partial charge in [0, 0.05) is 30.0 Å². The fraction of sp³-hybridized carbons (Fsp3) is 0.458. The van der Waals surface area contributed by atoms with Crippen molar-refractivity contribution in [2.45, 2.75) is 39.0 Å². The molecule has 0 radical (unpaired) electrons. The van der Waals surface area contributed by atoms with E-state index in [1.165, 1.54) is 36.4 Å². The van der Waals surface area contributed by atoms with Gasteiger partial charge in [-0.25, -0.2) is 9.97 Å². The van der Waals surface area contributed by atoms with E-state index < -0.39 is 0 Å². The Labute approximate surface area is 188 Å². The number of nitrogens with one attached hydrogen (secondary N) is 2. The van der Waals surface area contributed by atoms with Gasteiger partial charge in [-0.1, -0.05) is 30.3 Å². The average molecular weight is 438 g/mol. The van der Waals surface area contributed by atoms with Gasteiger partial charge in [-0.05, 0) is 57.8 Å². The molecule has 0 saturated carbocycles. The molecule has 2 N–H and O–H groups in total. The second-order valence-electron chi connectivity index (χ2n) is 8.08. The Kier molecular flexibility index (Phi) is 7.48. The van der Waals surface area contributed by atoms with Gasteiger partial charge in [0.05, 0.1) is 5.39 Å². The molecular weight excluding hydrogens is 406 g/mol. The number of aromatic nitrogens is 2. The molecule has 1 saturated heterocycles. The summed E-state index contributed by atoms with van der Waals surface area (Å²) in [5.41, 5.74) is 2.34. The molecule has 1 fully saturated rings. The second kappa shape index (κ2) is 10.7. The van der Waals surface area contributed by atoms with E-state index >= 15 is 0 Å². The Morgan fingerprint density at radius 3 is 2.71 bits per heavy atom. The van der Waals surface area contributed by atoms with Crippen LogP contribution in [0.3, 0.4) is 0 Å². The lowest BCUT2D eigenvalue weighted by atomic mass is 10.0. The number of likely N-dealkylation sites (tertiary alicyclic amines) is 1. The lowest BCUT2D eigenvalue weighted by molar-refractivity contribution is -0.120. The molecule has 3 aromatic rings. The molecule has 1 aliphatic heterocycles. The lowest BCUT2D eigenvalue weighted by Gasteiger charge is -2.14. The molecule has 3 heterocycles. The van der Waals surface area contributed by atoms with Gasteiger partial charge in [-0.3, -0.25) is 4.79 Å². The van der Waals surface area contributed by atoms with E-state index in [9.17, 15) is 4.79 Å². The fourth-order valence-corrected chi connectivity index (χ4v) is 5.22. The van der Waals surface area contributed by atoms with Crippen LogP contribution < -0.4 is 10.6 Å². The number of benzene rings is 1. The zero-order valence-electron chi connectivity index (χ0n) is 18.2. The van der Waals surface area contributed by atoms with Gasteiger partial charge in [-0.2, -0.15) is 0 Å². The summed E-state index contributed by atoms with van der Waals surface area (Å²) in [7, 11) is 0. The highest BCUT2D eigenvalue weighted by Gasteiger charge is 2.16. The first-order valence-corrected chi connectivity index (χ1v) is 12.1. The predicted octanol–water partition coefficient (Wildman–Crippen LogP) is 4.46. The smallest absolute Gasteiger partial charge is 0.221 e. The van der Waals surface area contributed by atoms with Crippen molar-refractivity contribution in [1.82, 2.24) is 20.2 Å². The molecule has 0 spiro atoms. The van der Waals surface area contributed by atoms with E-state index in [4.69, 9.17) is 0 Å². The summed E-state index contributed by atoms with van der Waals surface area (Å²) >= 11 is 1.68. The first kappa shape index (κ1) is 21.7. The highest BCUT2D eigenvalue weighted by molar-refractivity contribution is 7.19. The minimum Gasteiger partial charge on any atom is -0.369 e. The summed E-state index contributed by atoms with van der Waals surface area (Å²) in [6, 6.07) is 10.3. The van der Waals surface area contributed by atoms with E-state index in [1.54, 1.807) is 17.7 Å². The molecule has 0 bridgehead atoms. The monoisotopic (exact) mass is 437 g/mol. The second-order valence-corrected chi connectivity index (χ2v) is 9.29. The highest BCUT2D eigenvalue weighted by Crippen LogP contribution is 2.40. The topological polar surface area (TPSA) is 70.1 Å². The van der Waals surface area contributed by atoms with Crippen LogP contribution in [0.1, 0.15) is 37.0 Å². The number of carbonyl (C=O) groups is 1. The molecular formula is C24H31N5OS. The third-order valence-electron chi connectivity index (χ3n) is 5.79. The van der Waals surface area contributed by atoms with Gasteiger partial charge in [0.25, 0.3) is 0 Å². The van der Waals surface area contributed by atoms with Crippen molar-refractivity contribution in [1.29, 1.82) is 0 Å². The maximum absolute atomic E-state index is 12.2. The molecule has 164 valence electrons. The normalized spacial score (nSPS) is 14.2. The van der Waals surface area contributed by atoms with Gasteiger partial charge in [-0.15, -0.1) is 11.3 Å². The third-order valence-corrected chi connectivity index (χ3v) is 6.81. The minimum absolute atomic E-state index is 0.0868. The number of aryl methyl sites for hydroxylation is 1. The molecule has 6 nitrogen and oxygen atoms in total. The maximum Gasteiger partial charge on any atom is 0.221 e. The number of nitrogens with zero attached hydrogens (tertiary/aromatic N) is 3. The minimum atomic E-state index is 0.0868. The van der Waals surface area contributed by atoms with E-state index in [2.05, 4.69) is 44.6 Å². The van der Waals surface area contributed by atoms with Crippen molar-refractivity contribution in [2.24, 2.45) is 0 Å². The third kappa shape index (κ3) is 5.60. The van der Waals surface area contributed by atoms with Crippen molar-refractivity contribution in [3.8, 4) is 11.1 Å². The number of carbonyl (C=O) groups excluding carboxylic acids is 1. The molecule has 31 heavy (non-hydrogen) atoms. The van der Waals surface area contributed by atoms with Crippen LogP contribution in [0, 0.1) is 6.92 Å². The van der Waals surface area contributed by atoms with E-state index in [0.717, 1.165) is 47.5 Å². The zero-order chi connectivity index (χ0) is 21.5. The number of unbranched alkanes of at least 4 members (excludes halogenated alkanes) is 1. The zero-order valence-corrected chi connectivity index (χ0v) is 19.0. The number of rotatable bonds is 10. The summed E-state index contributed by atoms with van der Waals surface area (Å²) in [5.74, 6) is 0.885. The molecule has 1 amide bonds. The fourth-order valence-electron chi connectivity index (χ4n) is 4.21. The molecule has 2 aromatic heterocycles. The Morgan fingerprint density at radius 2 is 1.90 bits per heavy atom. The van der Waals surface area contributed by atoms with E-state index in [-0.39, 0.29) is 5.91 Å². The number of hydrogen-bond donors (Lipinski definition) is 2. The summed E-state index contributed by atoms with van der Waals surface area (Å²) in [4.78, 5) is 25.9. The molecule has 1 aliphatic rings. The van der Waals surface area contributed by atoms with E-state index in [0.29, 0.717) is 13.0 Å². The highest BCUT2D eigenvalue weighted by atomic mass is 32.1. The Bertz CT molecular complexity index is 998. The van der Waals surface area contributed by atoms with Crippen molar-refractivity contribution in [3.05, 3.63) is 41.5 Å². The van der Waals surface area contributed by atoms with Crippen LogP contribution in [0.15, 0.2) is 36.7 Å². The summed E-state index contributed by atoms with van der Waals surface area (Å²) in [5, 5.41) is 7.45. The van der Waals surface area contributed by atoms with Gasteiger partial charge in [0.2, 0.25) is 5.91 Å². The summed E-state index contributed by atoms with van der Waals surface area (Å²) in [6.45, 7) is 7.07. The summed E-state index contributed by atoms with van der Waals surface area (Å²) < 4.78 is 0. The quantitative estimate of drug-likeness (QED) is 0.458. The Balaban J connectivity index is 1.28. The van der Waals surface area contributed by atoms with Gasteiger partial charge in [0.15, 0.2) is 0 Å². The Hall–Kier alpha value is -2.51. The summed E-state index contributed by atoms with van der Waals surface area (Å²) in [6.07, 6.45) is 6.88. The molecule has 0 aliphatic carbocycles. The Morgan fingerprint density at radius 1 is 1.10 bits per heavy atom. The standard InChI is InChI=1S/C24H31N5OS/c1-18-21(19-9-3-2-4-10-19)22-23(27-17-28-24(22)31-18)26-13-11-20(30)25-12-5-6-14-29-15-7-8-16-29/h2-4,9-10,17H,5-8,11-16H2,1H3,(H,25,30)(H,26,27,28). The van der Waals surface area contributed by atoms with Crippen LogP contribution in [0.5, 0.6) is 0 Å². The largest absolute Gasteiger partial charge is 0.369 e. The van der Waals surface area contributed by atoms with Crippen LogP contribution in [0.2, 0.25) is 0 Å². The average Bonchev–Trinajstić information content (AvgIpc) is 3.41. The number of thiophene rings is 1. The first-order valence-electron chi connectivity index (χ1n) is 11.2. The van der Waals surface area contributed by atoms with Crippen LogP contribution in [0.25, 0.3) is 21.3 Å². The van der Waals surface area contributed by atoms with E-state index in [1.807, 2.05) is 18.2 Å². The van der Waals surface area contributed by atoms with Crippen molar-refractivity contribution < 1.29 is 4.79 Å². The number of amides is 1. The first-order chi connectivity index (χ1) is 15.2. The van der Waals surface area contributed by atoms with Crippen molar-refractivity contribution in [2.75, 3.05) is 38.0 Å². The molecule has 0 unspecified atom stereocenters. The lowest BCUT2D eigenvalue weighted by Crippen LogP contribution is -2.27. The van der Waals surface area contributed by atoms with Crippen LogP contribution in [-0.4, -0.2) is 53.5 Å². The number of hydrogen-bond acceptors (Lipinski definition) is 6. The van der Waals surface area contributed by atoms with Gasteiger partial charge >= 0.3 is 0 Å². The van der Waals surface area contributed by atoms with Crippen LogP contribution >= 0.6 is 11.3 Å². The van der Waals surface area contributed by atoms with Gasteiger partial charge in [0.1, 0.15) is 17.0 Å². The molecule has 7 heteroatoms. The van der Waals surface area contributed by atoms with Crippen molar-refractivity contribution >= 4 is 33.3 Å².